The normalized spacial score (nSPS) is 39.4. The Morgan fingerprint density at radius 2 is 1.67 bits per heavy atom. The molecule has 1 aromatic carbocycles. The van der Waals surface area contributed by atoms with Gasteiger partial charge in [-0.05, 0) is 110 Å². The standard InChI is InChI=1S/C53H90FN5O12S/c1-16-43-53(10,64)47(60)35(6)58(12)28-31(2)25-51(8,63)49(33(4)45(34(5)50(62)70-43)42-26-52(9,67-14)48(61)36(7)69-42)71-44-24-37(23-32(3)68-44)29-57(11)22-21-39-30-59(56-55-39)41(27-54)46(66-13)38-17-19-40(20-18-38)72(15)65/h17-20,30-37,41-49,60-61,63-64H,16,21-29H2,1-15H3/t31-,32-,33+,34-,35-,36+,37+,41-,42?,43-,44+,45+,46-,47-,48+,49-,51-,52-,53-,72?/m1/s1. The number of aliphatic hydroxyl groups is 4. The van der Waals surface area contributed by atoms with E-state index < -0.39 is 119 Å². The zero-order chi connectivity index (χ0) is 53.6. The molecule has 1 aromatic heterocycles. The van der Waals surface area contributed by atoms with E-state index in [1.807, 2.05) is 53.6 Å². The predicted octanol–water partition coefficient (Wildman–Crippen LogP) is 5.29. The molecule has 3 aliphatic rings. The molecule has 5 rings (SSSR count). The summed E-state index contributed by atoms with van der Waals surface area (Å²) in [6.45, 7) is 19.4. The average Bonchev–Trinajstić information content (AvgIpc) is 3.79. The van der Waals surface area contributed by atoms with E-state index in [2.05, 4.69) is 15.2 Å². The van der Waals surface area contributed by atoms with Gasteiger partial charge in [0.25, 0.3) is 0 Å². The minimum atomic E-state index is -1.80. The van der Waals surface area contributed by atoms with Gasteiger partial charge in [0.15, 0.2) is 6.29 Å². The smallest absolute Gasteiger partial charge is 0.309 e. The summed E-state index contributed by atoms with van der Waals surface area (Å²) in [5.41, 5.74) is -2.85. The lowest BCUT2D eigenvalue weighted by Crippen LogP contribution is -2.61. The molecule has 20 atom stereocenters. The van der Waals surface area contributed by atoms with E-state index >= 15 is 0 Å². The van der Waals surface area contributed by atoms with Gasteiger partial charge in [0.05, 0.1) is 47.2 Å². The number of ether oxygens (including phenoxy) is 6. The van der Waals surface area contributed by atoms with Crippen LogP contribution in [0, 0.1) is 29.6 Å². The van der Waals surface area contributed by atoms with Crippen LogP contribution in [0.15, 0.2) is 35.4 Å². The van der Waals surface area contributed by atoms with E-state index in [0.29, 0.717) is 43.1 Å². The van der Waals surface area contributed by atoms with Gasteiger partial charge in [-0.25, -0.2) is 9.07 Å². The Hall–Kier alpha value is -2.53. The third-order valence-electron chi connectivity index (χ3n) is 16.4. The van der Waals surface area contributed by atoms with Gasteiger partial charge in [0.1, 0.15) is 42.7 Å². The molecule has 0 amide bonds. The molecule has 4 N–H and O–H groups in total. The van der Waals surface area contributed by atoms with Gasteiger partial charge >= 0.3 is 5.97 Å². The summed E-state index contributed by atoms with van der Waals surface area (Å²) < 4.78 is 66.4. The fourth-order valence-corrected chi connectivity index (χ4v) is 12.7. The number of carbonyl (C=O) groups is 1. The number of benzene rings is 1. The number of hydrogen-bond acceptors (Lipinski definition) is 16. The molecule has 0 saturated carbocycles. The summed E-state index contributed by atoms with van der Waals surface area (Å²) in [7, 11) is 5.86. The number of cyclic esters (lactones) is 1. The Balaban J connectivity index is 1.39. The van der Waals surface area contributed by atoms with Gasteiger partial charge in [0, 0.05) is 93.2 Å². The lowest BCUT2D eigenvalue weighted by molar-refractivity contribution is -0.275. The largest absolute Gasteiger partial charge is 0.459 e. The Morgan fingerprint density at radius 1 is 1.00 bits per heavy atom. The van der Waals surface area contributed by atoms with Crippen LogP contribution in [0.4, 0.5) is 4.39 Å². The maximum atomic E-state index is 14.7. The van der Waals surface area contributed by atoms with Crippen LogP contribution >= 0.6 is 0 Å². The summed E-state index contributed by atoms with van der Waals surface area (Å²) in [6.07, 6.45) is -1.02. The maximum absolute atomic E-state index is 14.7. The molecule has 4 heterocycles. The highest BCUT2D eigenvalue weighted by Gasteiger charge is 2.54. The van der Waals surface area contributed by atoms with Gasteiger partial charge in [-0.15, -0.1) is 5.10 Å². The summed E-state index contributed by atoms with van der Waals surface area (Å²) in [6, 6.07) is 5.83. The van der Waals surface area contributed by atoms with Crippen LogP contribution in [0.3, 0.4) is 0 Å². The molecular weight excluding hydrogens is 950 g/mol. The van der Waals surface area contributed by atoms with Crippen molar-refractivity contribution in [1.29, 1.82) is 0 Å². The number of rotatable bonds is 16. The summed E-state index contributed by atoms with van der Waals surface area (Å²) >= 11 is 0. The highest BCUT2D eigenvalue weighted by Crippen LogP contribution is 2.45. The third kappa shape index (κ3) is 14.3. The Labute approximate surface area is 431 Å². The lowest BCUT2D eigenvalue weighted by Gasteiger charge is -2.51. The summed E-state index contributed by atoms with van der Waals surface area (Å²) in [5.74, 6) is -2.67. The predicted molar refractivity (Wildman–Crippen MR) is 272 cm³/mol. The number of likely N-dealkylation sites (N-methyl/N-ethyl adjacent to an activating group) is 2. The van der Waals surface area contributed by atoms with E-state index in [-0.39, 0.29) is 37.2 Å². The van der Waals surface area contributed by atoms with E-state index in [1.165, 1.54) is 18.7 Å². The zero-order valence-corrected chi connectivity index (χ0v) is 46.6. The molecule has 3 fully saturated rings. The molecule has 72 heavy (non-hydrogen) atoms. The van der Waals surface area contributed by atoms with Crippen LogP contribution in [-0.2, 0) is 50.4 Å². The Kier molecular flexibility index (Phi) is 21.4. The number of methoxy groups -OCH3 is 2. The number of nitrogens with zero attached hydrogens (tertiary/aromatic N) is 5. The first kappa shape index (κ1) is 60.3. The van der Waals surface area contributed by atoms with Crippen LogP contribution in [-0.4, -0.2) is 188 Å². The van der Waals surface area contributed by atoms with Crippen molar-refractivity contribution in [2.45, 2.75) is 197 Å². The van der Waals surface area contributed by atoms with Crippen LogP contribution in [0.2, 0.25) is 0 Å². The second-order valence-corrected chi connectivity index (χ2v) is 23.9. The van der Waals surface area contributed by atoms with Crippen molar-refractivity contribution in [1.82, 2.24) is 24.8 Å². The molecule has 0 aliphatic carbocycles. The Bertz CT molecular complexity index is 2030. The molecule has 0 spiro atoms. The van der Waals surface area contributed by atoms with Crippen LogP contribution in [0.25, 0.3) is 0 Å². The second kappa shape index (κ2) is 25.5. The van der Waals surface area contributed by atoms with Crippen molar-refractivity contribution in [3.8, 4) is 0 Å². The van der Waals surface area contributed by atoms with E-state index in [4.69, 9.17) is 28.4 Å². The molecule has 412 valence electrons. The van der Waals surface area contributed by atoms with Crippen molar-refractivity contribution in [2.75, 3.05) is 60.9 Å². The number of alkyl halides is 1. The SMILES string of the molecule is CC[C@H]1OC(=O)[C@H](C)[C@@H](C2C[C@@](C)(OC)[C@@H](O)[C@H](C)O2)[C@H](C)[C@@H](O[C@H]2C[C@@H](CN(C)CCc3cn([C@H](CF)[C@H](OC)c4ccc(S(C)=O)cc4)nn3)C[C@@H](C)O2)[C@](C)(O)C[C@@H](C)CN(C)[C@H](C)[C@@H](O)[C@]1(C)O. The first-order valence-electron chi connectivity index (χ1n) is 26.1. The average molecular weight is 1040 g/mol. The minimum absolute atomic E-state index is 0.118. The fourth-order valence-electron chi connectivity index (χ4n) is 12.2. The van der Waals surface area contributed by atoms with Gasteiger partial charge < -0.3 is 58.6 Å². The van der Waals surface area contributed by atoms with Gasteiger partial charge in [-0.1, -0.05) is 45.0 Å². The molecule has 19 heteroatoms. The highest BCUT2D eigenvalue weighted by molar-refractivity contribution is 7.84. The summed E-state index contributed by atoms with van der Waals surface area (Å²) in [5, 5.41) is 56.5. The van der Waals surface area contributed by atoms with E-state index in [1.54, 1.807) is 71.5 Å². The van der Waals surface area contributed by atoms with Gasteiger partial charge in [-0.2, -0.15) is 0 Å². The fraction of sp³-hybridized carbons (Fsp3) is 0.830. The minimum Gasteiger partial charge on any atom is -0.459 e. The van der Waals surface area contributed by atoms with Gasteiger partial charge in [0.2, 0.25) is 0 Å². The molecule has 17 nitrogen and oxygen atoms in total. The van der Waals surface area contributed by atoms with Crippen molar-refractivity contribution < 1.29 is 62.2 Å². The number of aromatic nitrogens is 3. The molecule has 2 unspecified atom stereocenters. The maximum Gasteiger partial charge on any atom is 0.309 e. The van der Waals surface area contributed by atoms with E-state index in [9.17, 15) is 33.8 Å². The molecule has 0 bridgehead atoms. The molecule has 0 radical (unpaired) electrons. The molecule has 3 saturated heterocycles. The number of aliphatic hydroxyl groups excluding tert-OH is 2. The molecule has 2 aromatic rings. The highest BCUT2D eigenvalue weighted by atomic mass is 32.2. The first-order valence-corrected chi connectivity index (χ1v) is 27.6. The first-order chi connectivity index (χ1) is 33.7. The monoisotopic (exact) mass is 1040 g/mol. The molecule has 3 aliphatic heterocycles. The number of carbonyl (C=O) groups excluding carboxylic acids is 1. The van der Waals surface area contributed by atoms with Crippen LogP contribution < -0.4 is 0 Å². The van der Waals surface area contributed by atoms with Crippen LogP contribution in [0.1, 0.15) is 125 Å². The quantitative estimate of drug-likeness (QED) is 0.158. The number of esters is 1. The van der Waals surface area contributed by atoms with Crippen LogP contribution in [0.5, 0.6) is 0 Å². The summed E-state index contributed by atoms with van der Waals surface area (Å²) in [4.78, 5) is 19.5. The van der Waals surface area contributed by atoms with Crippen molar-refractivity contribution in [2.24, 2.45) is 29.6 Å². The third-order valence-corrected chi connectivity index (χ3v) is 17.3. The number of hydrogen-bond donors (Lipinski definition) is 4. The topological polar surface area (TPSA) is 208 Å². The lowest BCUT2D eigenvalue weighted by atomic mass is 9.68. The van der Waals surface area contributed by atoms with Crippen molar-refractivity contribution in [3.05, 3.63) is 41.7 Å². The molecular formula is C53H90FN5O12S. The second-order valence-electron chi connectivity index (χ2n) is 22.5. The zero-order valence-electron chi connectivity index (χ0n) is 45.8. The van der Waals surface area contributed by atoms with Gasteiger partial charge in [-0.3, -0.25) is 9.00 Å². The Morgan fingerprint density at radius 3 is 2.26 bits per heavy atom. The van der Waals surface area contributed by atoms with Crippen molar-refractivity contribution >= 4 is 16.8 Å². The van der Waals surface area contributed by atoms with E-state index in [0.717, 1.165) is 12.0 Å². The number of halogens is 1. The van der Waals surface area contributed by atoms with Crippen molar-refractivity contribution in [3.63, 3.8) is 0 Å².